The monoisotopic (exact) mass is 870 g/mol. The molecule has 22 atom stereocenters. The number of hydrogen-bond acceptors (Lipinski definition) is 18. The van der Waals surface area contributed by atoms with Crippen LogP contribution in [0.4, 0.5) is 0 Å². The Kier molecular flexibility index (Phi) is 13.1. The van der Waals surface area contributed by atoms with Crippen LogP contribution >= 0.6 is 0 Å². The number of hydrogen-bond donors (Lipinski definition) is 8. The van der Waals surface area contributed by atoms with Crippen LogP contribution in [-0.2, 0) is 47.5 Å². The van der Waals surface area contributed by atoms with Crippen LogP contribution in [0.1, 0.15) is 91.9 Å². The van der Waals surface area contributed by atoms with Crippen LogP contribution in [0.2, 0.25) is 0 Å². The summed E-state index contributed by atoms with van der Waals surface area (Å²) in [4.78, 5) is 24.4. The summed E-state index contributed by atoms with van der Waals surface area (Å²) >= 11 is 0. The molecule has 0 amide bonds. The number of fused-ring (bicyclic) bond motifs is 5. The lowest BCUT2D eigenvalue weighted by Crippen LogP contribution is -2.63. The van der Waals surface area contributed by atoms with Crippen LogP contribution in [0.3, 0.4) is 0 Å². The molecule has 0 unspecified atom stereocenters. The molecule has 0 aromatic heterocycles. The maximum absolute atomic E-state index is 12.6. The molecule has 0 radical (unpaired) electrons. The van der Waals surface area contributed by atoms with E-state index in [2.05, 4.69) is 13.8 Å². The Morgan fingerprint density at radius 3 is 2.20 bits per heavy atom. The third-order valence-electron chi connectivity index (χ3n) is 16.5. The zero-order valence-corrected chi connectivity index (χ0v) is 35.4. The van der Waals surface area contributed by atoms with Gasteiger partial charge in [0.2, 0.25) is 0 Å². The summed E-state index contributed by atoms with van der Waals surface area (Å²) in [5, 5.41) is 85.2. The molecule has 8 aliphatic rings. The summed E-state index contributed by atoms with van der Waals surface area (Å²) in [5.74, 6) is 0.204. The summed E-state index contributed by atoms with van der Waals surface area (Å²) < 4.78 is 46.9. The lowest BCUT2D eigenvalue weighted by Gasteiger charge is -2.64. The number of carbonyl (C=O) groups excluding carboxylic acids is 2. The van der Waals surface area contributed by atoms with E-state index >= 15 is 0 Å². The van der Waals surface area contributed by atoms with Crippen molar-refractivity contribution in [2.75, 3.05) is 19.8 Å². The molecular formula is C43H66O18. The van der Waals surface area contributed by atoms with Gasteiger partial charge < -0.3 is 78.7 Å². The van der Waals surface area contributed by atoms with E-state index < -0.39 is 111 Å². The lowest BCUT2D eigenvalue weighted by atomic mass is 9.43. The average Bonchev–Trinajstić information content (AvgIpc) is 3.77. The highest BCUT2D eigenvalue weighted by Crippen LogP contribution is 2.70. The molecule has 61 heavy (non-hydrogen) atoms. The van der Waals surface area contributed by atoms with Crippen LogP contribution in [0.15, 0.2) is 11.6 Å². The van der Waals surface area contributed by atoms with Gasteiger partial charge in [-0.3, -0.25) is 4.79 Å². The molecule has 0 aromatic rings. The van der Waals surface area contributed by atoms with Crippen molar-refractivity contribution in [3.05, 3.63) is 11.6 Å². The number of cyclic esters (lactones) is 1. The minimum atomic E-state index is -1.77. The van der Waals surface area contributed by atoms with Gasteiger partial charge >= 0.3 is 11.9 Å². The fourth-order valence-corrected chi connectivity index (χ4v) is 13.0. The Bertz CT molecular complexity index is 1630. The van der Waals surface area contributed by atoms with Crippen LogP contribution in [0.5, 0.6) is 0 Å². The van der Waals surface area contributed by atoms with Gasteiger partial charge in [0.15, 0.2) is 18.9 Å². The van der Waals surface area contributed by atoms with Crippen molar-refractivity contribution in [2.45, 2.75) is 190 Å². The highest BCUT2D eigenvalue weighted by molar-refractivity contribution is 5.85. The first kappa shape index (κ1) is 45.7. The highest BCUT2D eigenvalue weighted by atomic mass is 16.8. The second kappa shape index (κ2) is 17.5. The Morgan fingerprint density at radius 1 is 0.803 bits per heavy atom. The van der Waals surface area contributed by atoms with E-state index in [1.54, 1.807) is 13.0 Å². The van der Waals surface area contributed by atoms with E-state index in [0.29, 0.717) is 18.4 Å². The fourth-order valence-electron chi connectivity index (χ4n) is 13.0. The second-order valence-corrected chi connectivity index (χ2v) is 19.6. The molecule has 4 saturated carbocycles. The van der Waals surface area contributed by atoms with Crippen LogP contribution in [-0.4, -0.2) is 170 Å². The quantitative estimate of drug-likeness (QED) is 0.103. The van der Waals surface area contributed by atoms with E-state index in [9.17, 15) is 50.4 Å². The predicted octanol–water partition coefficient (Wildman–Crippen LogP) is -0.295. The molecule has 3 saturated heterocycles. The number of ether oxygens (including phenoxy) is 8. The van der Waals surface area contributed by atoms with E-state index in [1.165, 1.54) is 6.92 Å². The van der Waals surface area contributed by atoms with E-state index in [0.717, 1.165) is 63.4 Å². The minimum absolute atomic E-state index is 0.0280. The van der Waals surface area contributed by atoms with Crippen molar-refractivity contribution in [3.8, 4) is 0 Å². The van der Waals surface area contributed by atoms with Crippen molar-refractivity contribution in [1.82, 2.24) is 0 Å². The van der Waals surface area contributed by atoms with Crippen LogP contribution in [0, 0.1) is 34.5 Å². The largest absolute Gasteiger partial charge is 0.459 e. The fraction of sp³-hybridized carbons (Fsp3) is 0.907. The Balaban J connectivity index is 0.881. The lowest BCUT2D eigenvalue weighted by molar-refractivity contribution is -0.354. The van der Waals surface area contributed by atoms with Crippen molar-refractivity contribution < 1.29 is 88.3 Å². The molecule has 8 rings (SSSR count). The summed E-state index contributed by atoms with van der Waals surface area (Å²) in [7, 11) is 0. The number of rotatable bonds is 10. The SMILES string of the molecule is CC(=O)O[C@H]1C[C@H](O[C@H]2CC[C@@]3(C)[C@H](CC[C@@H]4[C@@H]3CC[C@]3(C)[C@@H](C5=CC(=O)OC5)CC[C@]43O)C2)O[C@H](C)[C@H]1O[C@@H]1O[C@H](CO[C@@H]2O[C@H](CO)[C@@H](O)[C@H](O)[C@H]2O)[C@@H](O)[C@H](O)[C@H]1O. The third kappa shape index (κ3) is 8.12. The maximum atomic E-state index is 12.6. The zero-order chi connectivity index (χ0) is 43.8. The van der Waals surface area contributed by atoms with E-state index in [1.807, 2.05) is 0 Å². The van der Waals surface area contributed by atoms with Crippen LogP contribution in [0.25, 0.3) is 0 Å². The zero-order valence-electron chi connectivity index (χ0n) is 35.4. The third-order valence-corrected chi connectivity index (χ3v) is 16.5. The maximum Gasteiger partial charge on any atom is 0.331 e. The minimum Gasteiger partial charge on any atom is -0.459 e. The first-order chi connectivity index (χ1) is 28.9. The molecule has 18 heteroatoms. The normalized spacial score (nSPS) is 52.4. The summed E-state index contributed by atoms with van der Waals surface area (Å²) in [6.07, 6.45) is -9.75. The topological polar surface area (TPSA) is 270 Å². The molecule has 18 nitrogen and oxygen atoms in total. The Morgan fingerprint density at radius 2 is 1.51 bits per heavy atom. The van der Waals surface area contributed by atoms with Gasteiger partial charge in [0.05, 0.1) is 31.0 Å². The predicted molar refractivity (Wildman–Crippen MR) is 206 cm³/mol. The summed E-state index contributed by atoms with van der Waals surface area (Å²) in [5.41, 5.74) is -0.0509. The molecule has 4 aliphatic carbocycles. The molecule has 7 fully saturated rings. The van der Waals surface area contributed by atoms with Gasteiger partial charge in [-0.2, -0.15) is 0 Å². The van der Waals surface area contributed by atoms with Gasteiger partial charge in [-0.15, -0.1) is 0 Å². The van der Waals surface area contributed by atoms with Gasteiger partial charge in [0.25, 0.3) is 0 Å². The van der Waals surface area contributed by atoms with Crippen molar-refractivity contribution in [1.29, 1.82) is 0 Å². The summed E-state index contributed by atoms with van der Waals surface area (Å²) in [6.45, 7) is 6.72. The molecule has 0 aromatic carbocycles. The highest BCUT2D eigenvalue weighted by Gasteiger charge is 2.68. The standard InChI is InChI=1S/C43H66O18/c1-19-38(61-40-37(52)35(50)33(48)29(60-40)18-55-39-36(51)34(49)32(47)28(16-44)59-39)27(57-20(2)45)15-31(56-19)58-23-7-10-41(3)22(14-23)5-6-26-25(41)8-11-42(4)24(9-12-43(26,42)53)21-13-30(46)54-17-21/h13,19,22-29,31-40,44,47-53H,5-12,14-18H2,1-4H3/t19-,22-,23+,24-,25+,26-,27+,28-,29-,31+,32-,33-,34+,35+,36-,37-,38-,39-,40+,41+,42-,43+/m1/s1. The van der Waals surface area contributed by atoms with Gasteiger partial charge in [-0.25, -0.2) is 4.79 Å². The van der Waals surface area contributed by atoms with Gasteiger partial charge in [-0.1, -0.05) is 13.8 Å². The molecule has 4 aliphatic heterocycles. The molecule has 4 heterocycles. The molecule has 8 N–H and O–H groups in total. The van der Waals surface area contributed by atoms with Gasteiger partial charge in [0.1, 0.15) is 67.6 Å². The average molecular weight is 871 g/mol. The molecule has 0 spiro atoms. The first-order valence-electron chi connectivity index (χ1n) is 22.2. The number of carbonyl (C=O) groups is 2. The molecule has 346 valence electrons. The van der Waals surface area contributed by atoms with Gasteiger partial charge in [0, 0.05) is 24.8 Å². The number of aliphatic hydroxyl groups is 8. The van der Waals surface area contributed by atoms with Crippen molar-refractivity contribution in [2.24, 2.45) is 34.5 Å². The Labute approximate surface area is 355 Å². The first-order valence-corrected chi connectivity index (χ1v) is 22.2. The number of esters is 2. The smallest absolute Gasteiger partial charge is 0.331 e. The van der Waals surface area contributed by atoms with E-state index in [4.69, 9.17) is 37.9 Å². The Hall–Kier alpha value is -1.88. The van der Waals surface area contributed by atoms with E-state index in [-0.39, 0.29) is 41.2 Å². The number of aliphatic hydroxyl groups excluding tert-OH is 7. The van der Waals surface area contributed by atoms with Gasteiger partial charge in [-0.05, 0) is 99.4 Å². The second-order valence-electron chi connectivity index (χ2n) is 19.6. The van der Waals surface area contributed by atoms with Crippen molar-refractivity contribution >= 4 is 11.9 Å². The van der Waals surface area contributed by atoms with Crippen LogP contribution < -0.4 is 0 Å². The molecular weight excluding hydrogens is 804 g/mol. The summed E-state index contributed by atoms with van der Waals surface area (Å²) in [6, 6.07) is 0. The van der Waals surface area contributed by atoms with Crippen molar-refractivity contribution in [3.63, 3.8) is 0 Å². The molecule has 0 bridgehead atoms.